The first-order chi connectivity index (χ1) is 14.3. The van der Waals surface area contributed by atoms with Crippen molar-refractivity contribution in [2.75, 3.05) is 37.0 Å². The zero-order valence-corrected chi connectivity index (χ0v) is 19.3. The van der Waals surface area contributed by atoms with Crippen molar-refractivity contribution < 1.29 is 13.2 Å². The van der Waals surface area contributed by atoms with Gasteiger partial charge in [0.15, 0.2) is 0 Å². The summed E-state index contributed by atoms with van der Waals surface area (Å²) in [6, 6.07) is 13.8. The number of hydrogen-bond acceptors (Lipinski definition) is 5. The van der Waals surface area contributed by atoms with Gasteiger partial charge in [0.2, 0.25) is 10.0 Å². The number of nitrogens with zero attached hydrogens (tertiary/aromatic N) is 2. The summed E-state index contributed by atoms with van der Waals surface area (Å²) in [6.07, 6.45) is 0. The van der Waals surface area contributed by atoms with Gasteiger partial charge in [0.1, 0.15) is 0 Å². The first kappa shape index (κ1) is 22.8. The van der Waals surface area contributed by atoms with Gasteiger partial charge in [-0.05, 0) is 49.7 Å². The number of nitrogens with one attached hydrogen (secondary N) is 1. The number of thioether (sulfide) groups is 1. The van der Waals surface area contributed by atoms with Gasteiger partial charge in [-0.3, -0.25) is 9.69 Å². The monoisotopic (exact) mass is 447 g/mol. The van der Waals surface area contributed by atoms with Gasteiger partial charge in [-0.2, -0.15) is 16.1 Å². The van der Waals surface area contributed by atoms with Crippen LogP contribution in [0.5, 0.6) is 0 Å². The second kappa shape index (κ2) is 9.96. The molecule has 0 unspecified atom stereocenters. The lowest BCUT2D eigenvalue weighted by molar-refractivity contribution is 0.102. The van der Waals surface area contributed by atoms with Crippen LogP contribution in [0.15, 0.2) is 53.4 Å². The Hall–Kier alpha value is -1.87. The van der Waals surface area contributed by atoms with Crippen molar-refractivity contribution in [1.29, 1.82) is 0 Å². The van der Waals surface area contributed by atoms with Crippen molar-refractivity contribution in [3.05, 3.63) is 59.7 Å². The van der Waals surface area contributed by atoms with E-state index in [0.29, 0.717) is 11.3 Å². The van der Waals surface area contributed by atoms with Crippen LogP contribution in [-0.2, 0) is 16.6 Å². The maximum atomic E-state index is 12.8. The van der Waals surface area contributed by atoms with E-state index in [4.69, 9.17) is 0 Å². The molecule has 30 heavy (non-hydrogen) atoms. The Labute approximate surface area is 183 Å². The number of anilines is 1. The predicted octanol–water partition coefficient (Wildman–Crippen LogP) is 3.52. The summed E-state index contributed by atoms with van der Waals surface area (Å²) in [7, 11) is -2.10. The van der Waals surface area contributed by atoms with Crippen LogP contribution in [0.4, 0.5) is 5.69 Å². The van der Waals surface area contributed by atoms with E-state index in [1.54, 1.807) is 19.2 Å². The average molecular weight is 448 g/mol. The van der Waals surface area contributed by atoms with E-state index < -0.39 is 10.0 Å². The molecule has 2 aromatic carbocycles. The van der Waals surface area contributed by atoms with Gasteiger partial charge in [-0.1, -0.05) is 18.2 Å². The van der Waals surface area contributed by atoms with Crippen molar-refractivity contribution in [1.82, 2.24) is 9.21 Å². The summed E-state index contributed by atoms with van der Waals surface area (Å²) in [6.45, 7) is 6.63. The van der Waals surface area contributed by atoms with Crippen LogP contribution in [0.25, 0.3) is 0 Å². The second-order valence-corrected chi connectivity index (χ2v) is 10.9. The van der Waals surface area contributed by atoms with Crippen molar-refractivity contribution in [2.24, 2.45) is 0 Å². The standard InChI is InChI=1S/C22H29N3O3S2/c1-17(2)24(3)30(27,28)21-9-5-7-19(15-21)22(26)23-20-8-4-6-18(14-20)16-25-10-12-29-13-11-25/h4-9,14-15,17H,10-13,16H2,1-3H3,(H,23,26). The molecule has 162 valence electrons. The van der Waals surface area contributed by atoms with E-state index in [1.807, 2.05) is 43.8 Å². The summed E-state index contributed by atoms with van der Waals surface area (Å²) < 4.78 is 26.8. The number of amides is 1. The summed E-state index contributed by atoms with van der Waals surface area (Å²) >= 11 is 1.98. The number of carbonyl (C=O) groups is 1. The molecule has 1 saturated heterocycles. The van der Waals surface area contributed by atoms with Gasteiger partial charge >= 0.3 is 0 Å². The number of carbonyl (C=O) groups excluding carboxylic acids is 1. The average Bonchev–Trinajstić information content (AvgIpc) is 2.74. The Morgan fingerprint density at radius 3 is 2.53 bits per heavy atom. The highest BCUT2D eigenvalue weighted by atomic mass is 32.2. The molecular weight excluding hydrogens is 418 g/mol. The molecule has 0 saturated carbocycles. The fourth-order valence-corrected chi connectivity index (χ4v) is 5.60. The Morgan fingerprint density at radius 1 is 1.13 bits per heavy atom. The SMILES string of the molecule is CC(C)N(C)S(=O)(=O)c1cccc(C(=O)Nc2cccc(CN3CCSCC3)c2)c1. The van der Waals surface area contributed by atoms with Crippen molar-refractivity contribution in [3.8, 4) is 0 Å². The first-order valence-electron chi connectivity index (χ1n) is 10.1. The maximum Gasteiger partial charge on any atom is 0.255 e. The highest BCUT2D eigenvalue weighted by Crippen LogP contribution is 2.20. The fourth-order valence-electron chi connectivity index (χ4n) is 3.21. The van der Waals surface area contributed by atoms with E-state index >= 15 is 0 Å². The first-order valence-corrected chi connectivity index (χ1v) is 12.7. The molecule has 1 amide bonds. The summed E-state index contributed by atoms with van der Waals surface area (Å²) in [5, 5.41) is 2.90. The summed E-state index contributed by atoms with van der Waals surface area (Å²) in [5.74, 6) is 1.98. The van der Waals surface area contributed by atoms with Gasteiger partial charge in [-0.25, -0.2) is 8.42 Å². The zero-order valence-electron chi connectivity index (χ0n) is 17.7. The smallest absolute Gasteiger partial charge is 0.255 e. The van der Waals surface area contributed by atoms with Gasteiger partial charge in [-0.15, -0.1) is 0 Å². The van der Waals surface area contributed by atoms with E-state index in [0.717, 1.165) is 36.7 Å². The van der Waals surface area contributed by atoms with E-state index in [-0.39, 0.29) is 16.8 Å². The van der Waals surface area contributed by atoms with Crippen LogP contribution in [0.1, 0.15) is 29.8 Å². The van der Waals surface area contributed by atoms with Gasteiger partial charge in [0.05, 0.1) is 4.90 Å². The van der Waals surface area contributed by atoms with E-state index in [1.165, 1.54) is 16.4 Å². The van der Waals surface area contributed by atoms with Crippen molar-refractivity contribution >= 4 is 33.4 Å². The molecular formula is C22H29N3O3S2. The van der Waals surface area contributed by atoms with Crippen LogP contribution < -0.4 is 5.32 Å². The van der Waals surface area contributed by atoms with Crippen LogP contribution in [0.3, 0.4) is 0 Å². The van der Waals surface area contributed by atoms with Crippen molar-refractivity contribution in [3.63, 3.8) is 0 Å². The molecule has 1 aliphatic heterocycles. The summed E-state index contributed by atoms with van der Waals surface area (Å²) in [5.41, 5.74) is 2.16. The highest BCUT2D eigenvalue weighted by molar-refractivity contribution is 7.99. The minimum absolute atomic E-state index is 0.114. The Bertz CT molecular complexity index is 987. The molecule has 0 spiro atoms. The number of hydrogen-bond donors (Lipinski definition) is 1. The van der Waals surface area contributed by atoms with Crippen molar-refractivity contribution in [2.45, 2.75) is 31.3 Å². The van der Waals surface area contributed by atoms with Gasteiger partial charge in [0.25, 0.3) is 5.91 Å². The number of rotatable bonds is 7. The minimum atomic E-state index is -3.64. The molecule has 1 fully saturated rings. The predicted molar refractivity (Wildman–Crippen MR) is 124 cm³/mol. The van der Waals surface area contributed by atoms with Gasteiger partial charge in [0, 0.05) is 55.5 Å². The zero-order chi connectivity index (χ0) is 21.7. The lowest BCUT2D eigenvalue weighted by Gasteiger charge is -2.26. The normalized spacial score (nSPS) is 15.5. The molecule has 0 atom stereocenters. The molecule has 0 aliphatic carbocycles. The molecule has 0 radical (unpaired) electrons. The molecule has 1 aliphatic rings. The van der Waals surface area contributed by atoms with E-state index in [9.17, 15) is 13.2 Å². The van der Waals surface area contributed by atoms with Crippen LogP contribution in [-0.4, -0.2) is 61.2 Å². The Morgan fingerprint density at radius 2 is 1.83 bits per heavy atom. The van der Waals surface area contributed by atoms with Gasteiger partial charge < -0.3 is 5.32 Å². The molecule has 2 aromatic rings. The molecule has 6 nitrogen and oxygen atoms in total. The number of sulfonamides is 1. The highest BCUT2D eigenvalue weighted by Gasteiger charge is 2.24. The maximum absolute atomic E-state index is 12.8. The third-order valence-electron chi connectivity index (χ3n) is 5.20. The van der Waals surface area contributed by atoms with Crippen LogP contribution in [0, 0.1) is 0 Å². The summed E-state index contributed by atoms with van der Waals surface area (Å²) in [4.78, 5) is 15.3. The lowest BCUT2D eigenvalue weighted by atomic mass is 10.1. The topological polar surface area (TPSA) is 69.7 Å². The molecule has 1 N–H and O–H groups in total. The fraction of sp³-hybridized carbons (Fsp3) is 0.409. The third-order valence-corrected chi connectivity index (χ3v) is 8.17. The third kappa shape index (κ3) is 5.63. The molecule has 0 bridgehead atoms. The minimum Gasteiger partial charge on any atom is -0.322 e. The van der Waals surface area contributed by atoms with Crippen LogP contribution >= 0.6 is 11.8 Å². The molecule has 1 heterocycles. The Balaban J connectivity index is 1.73. The van der Waals surface area contributed by atoms with E-state index in [2.05, 4.69) is 16.3 Å². The molecule has 3 rings (SSSR count). The lowest BCUT2D eigenvalue weighted by Crippen LogP contribution is -2.33. The largest absolute Gasteiger partial charge is 0.322 e. The molecule has 8 heteroatoms. The quantitative estimate of drug-likeness (QED) is 0.703. The second-order valence-electron chi connectivity index (χ2n) is 7.69. The Kier molecular flexibility index (Phi) is 7.57. The number of benzene rings is 2. The molecule has 0 aromatic heterocycles. The van der Waals surface area contributed by atoms with Crippen LogP contribution in [0.2, 0.25) is 0 Å².